The number of hydrazone groups is 1. The highest BCUT2D eigenvalue weighted by Gasteiger charge is 2.12. The van der Waals surface area contributed by atoms with Gasteiger partial charge in [0.05, 0.1) is 21.6 Å². The van der Waals surface area contributed by atoms with Crippen LogP contribution in [0.5, 0.6) is 11.5 Å². The van der Waals surface area contributed by atoms with Crippen LogP contribution in [0.25, 0.3) is 0 Å². The molecule has 5 nitrogen and oxygen atoms in total. The van der Waals surface area contributed by atoms with Gasteiger partial charge in [0.1, 0.15) is 0 Å². The van der Waals surface area contributed by atoms with Crippen molar-refractivity contribution < 1.29 is 15.0 Å². The second kappa shape index (κ2) is 7.42. The van der Waals surface area contributed by atoms with Gasteiger partial charge in [-0.1, -0.05) is 30.3 Å². The zero-order chi connectivity index (χ0) is 16.1. The number of halogens is 2. The van der Waals surface area contributed by atoms with Gasteiger partial charge in [-0.05, 0) is 43.5 Å². The third-order valence-corrected chi connectivity index (χ3v) is 4.23. The van der Waals surface area contributed by atoms with Crippen LogP contribution >= 0.6 is 31.9 Å². The molecular formula is C15H12Br2N2O3. The Balaban J connectivity index is 2.03. The van der Waals surface area contributed by atoms with Gasteiger partial charge in [0, 0.05) is 5.56 Å². The molecule has 0 unspecified atom stereocenters. The summed E-state index contributed by atoms with van der Waals surface area (Å²) < 4.78 is 0.611. The zero-order valence-corrected chi connectivity index (χ0v) is 14.4. The lowest BCUT2D eigenvalue weighted by molar-refractivity contribution is -0.120. The van der Waals surface area contributed by atoms with Crippen molar-refractivity contribution in [3.8, 4) is 11.5 Å². The van der Waals surface area contributed by atoms with Gasteiger partial charge in [-0.25, -0.2) is 5.43 Å². The Morgan fingerprint density at radius 3 is 2.55 bits per heavy atom. The van der Waals surface area contributed by atoms with Crippen LogP contribution in [-0.2, 0) is 11.2 Å². The van der Waals surface area contributed by atoms with Gasteiger partial charge in [-0.15, -0.1) is 0 Å². The fourth-order valence-corrected chi connectivity index (χ4v) is 2.55. The number of nitrogens with zero attached hydrogens (tertiary/aromatic N) is 1. The van der Waals surface area contributed by atoms with Crippen LogP contribution in [0, 0.1) is 0 Å². The molecule has 1 amide bonds. The molecule has 2 aromatic carbocycles. The van der Waals surface area contributed by atoms with E-state index in [0.29, 0.717) is 10.0 Å². The van der Waals surface area contributed by atoms with Crippen molar-refractivity contribution in [3.05, 3.63) is 56.5 Å². The maximum atomic E-state index is 11.7. The average Bonchev–Trinajstić information content (AvgIpc) is 2.51. The van der Waals surface area contributed by atoms with E-state index in [4.69, 9.17) is 0 Å². The molecule has 0 aliphatic rings. The number of phenolic OH excluding ortho intramolecular Hbond substituents is 2. The summed E-state index contributed by atoms with van der Waals surface area (Å²) in [6, 6.07) is 10.9. The third-order valence-electron chi connectivity index (χ3n) is 2.79. The van der Waals surface area contributed by atoms with Gasteiger partial charge < -0.3 is 10.2 Å². The normalized spacial score (nSPS) is 10.8. The predicted molar refractivity (Wildman–Crippen MR) is 91.1 cm³/mol. The summed E-state index contributed by atoms with van der Waals surface area (Å²) in [5, 5.41) is 23.1. The first-order chi connectivity index (χ1) is 10.5. The summed E-state index contributed by atoms with van der Waals surface area (Å²) in [6.45, 7) is 0. The van der Waals surface area contributed by atoms with Crippen LogP contribution in [0.2, 0.25) is 0 Å². The van der Waals surface area contributed by atoms with E-state index in [1.54, 1.807) is 6.07 Å². The smallest absolute Gasteiger partial charge is 0.244 e. The van der Waals surface area contributed by atoms with E-state index in [1.807, 2.05) is 30.3 Å². The minimum atomic E-state index is -0.300. The summed E-state index contributed by atoms with van der Waals surface area (Å²) in [6.07, 6.45) is 1.60. The summed E-state index contributed by atoms with van der Waals surface area (Å²) in [4.78, 5) is 11.7. The van der Waals surface area contributed by atoms with Crippen molar-refractivity contribution in [1.82, 2.24) is 5.43 Å². The van der Waals surface area contributed by atoms with Gasteiger partial charge in [0.15, 0.2) is 11.5 Å². The van der Waals surface area contributed by atoms with Gasteiger partial charge in [0.2, 0.25) is 5.91 Å². The number of aromatic hydroxyl groups is 2. The number of hydrogen-bond acceptors (Lipinski definition) is 4. The number of amides is 1. The average molecular weight is 428 g/mol. The molecule has 0 atom stereocenters. The molecule has 22 heavy (non-hydrogen) atoms. The first-order valence-electron chi connectivity index (χ1n) is 6.24. The molecule has 0 heterocycles. The lowest BCUT2D eigenvalue weighted by Gasteiger charge is -2.06. The van der Waals surface area contributed by atoms with Crippen molar-refractivity contribution in [3.63, 3.8) is 0 Å². The quantitative estimate of drug-likeness (QED) is 0.397. The Kier molecular flexibility index (Phi) is 5.57. The van der Waals surface area contributed by atoms with E-state index in [1.165, 1.54) is 6.21 Å². The SMILES string of the molecule is O=C(Cc1ccccc1)N/N=C\c1cc(Br)c(O)c(O)c1Br. The summed E-state index contributed by atoms with van der Waals surface area (Å²) in [5.74, 6) is -0.816. The minimum absolute atomic E-state index is 0.226. The van der Waals surface area contributed by atoms with Crippen LogP contribution in [0.1, 0.15) is 11.1 Å². The van der Waals surface area contributed by atoms with Crippen LogP contribution < -0.4 is 5.43 Å². The first-order valence-corrected chi connectivity index (χ1v) is 7.83. The molecule has 3 N–H and O–H groups in total. The molecule has 0 bridgehead atoms. The molecule has 0 radical (unpaired) electrons. The van der Waals surface area contributed by atoms with Crippen LogP contribution in [-0.4, -0.2) is 22.3 Å². The first kappa shape index (κ1) is 16.5. The highest BCUT2D eigenvalue weighted by Crippen LogP contribution is 2.40. The van der Waals surface area contributed by atoms with Crippen molar-refractivity contribution in [1.29, 1.82) is 0 Å². The fourth-order valence-electron chi connectivity index (χ4n) is 1.71. The van der Waals surface area contributed by atoms with E-state index in [2.05, 4.69) is 42.4 Å². The predicted octanol–water partition coefficient (Wildman–Crippen LogP) is 3.32. The Labute approximate surface area is 143 Å². The maximum Gasteiger partial charge on any atom is 0.244 e. The Hall–Kier alpha value is -1.86. The topological polar surface area (TPSA) is 81.9 Å². The fraction of sp³-hybridized carbons (Fsp3) is 0.0667. The number of rotatable bonds is 4. The lowest BCUT2D eigenvalue weighted by Crippen LogP contribution is -2.19. The van der Waals surface area contributed by atoms with Crippen molar-refractivity contribution in [2.45, 2.75) is 6.42 Å². The second-order valence-electron chi connectivity index (χ2n) is 4.41. The standard InChI is InChI=1S/C15H12Br2N2O3/c16-11-7-10(13(17)15(22)14(11)21)8-18-19-12(20)6-9-4-2-1-3-5-9/h1-5,7-8,21-22H,6H2,(H,19,20)/b18-8-. The Bertz CT molecular complexity index is 718. The number of phenols is 2. The summed E-state index contributed by atoms with van der Waals surface area (Å²) in [7, 11) is 0. The zero-order valence-electron chi connectivity index (χ0n) is 11.3. The second-order valence-corrected chi connectivity index (χ2v) is 6.06. The maximum absolute atomic E-state index is 11.7. The third kappa shape index (κ3) is 4.08. The molecule has 0 aliphatic heterocycles. The number of carbonyl (C=O) groups excluding carboxylic acids is 1. The van der Waals surface area contributed by atoms with Crippen molar-refractivity contribution >= 4 is 44.0 Å². The number of nitrogens with one attached hydrogen (secondary N) is 1. The molecule has 2 aromatic rings. The molecule has 0 aliphatic carbocycles. The largest absolute Gasteiger partial charge is 0.503 e. The van der Waals surface area contributed by atoms with Gasteiger partial charge in [0.25, 0.3) is 0 Å². The molecule has 0 fully saturated rings. The number of hydrogen-bond donors (Lipinski definition) is 3. The van der Waals surface area contributed by atoms with Crippen LogP contribution in [0.3, 0.4) is 0 Å². The molecule has 114 valence electrons. The lowest BCUT2D eigenvalue weighted by atomic mass is 10.1. The van der Waals surface area contributed by atoms with Crippen LogP contribution in [0.15, 0.2) is 50.4 Å². The van der Waals surface area contributed by atoms with E-state index in [9.17, 15) is 15.0 Å². The molecule has 2 rings (SSSR count). The molecule has 0 saturated carbocycles. The summed E-state index contributed by atoms with van der Waals surface area (Å²) >= 11 is 6.27. The number of benzene rings is 2. The highest BCUT2D eigenvalue weighted by molar-refractivity contribution is 9.11. The van der Waals surface area contributed by atoms with E-state index < -0.39 is 0 Å². The van der Waals surface area contributed by atoms with Crippen LogP contribution in [0.4, 0.5) is 0 Å². The highest BCUT2D eigenvalue weighted by atomic mass is 79.9. The monoisotopic (exact) mass is 426 g/mol. The van der Waals surface area contributed by atoms with Gasteiger partial charge in [-0.3, -0.25) is 4.79 Å². The molecule has 0 aromatic heterocycles. The number of carbonyl (C=O) groups is 1. The van der Waals surface area contributed by atoms with Crippen molar-refractivity contribution in [2.24, 2.45) is 5.10 Å². The van der Waals surface area contributed by atoms with Gasteiger partial charge >= 0.3 is 0 Å². The Morgan fingerprint density at radius 1 is 1.18 bits per heavy atom. The minimum Gasteiger partial charge on any atom is -0.503 e. The molecule has 0 saturated heterocycles. The van der Waals surface area contributed by atoms with E-state index >= 15 is 0 Å². The molecule has 0 spiro atoms. The molecule has 7 heteroatoms. The summed E-state index contributed by atoms with van der Waals surface area (Å²) in [5.41, 5.74) is 3.80. The van der Waals surface area contributed by atoms with E-state index in [-0.39, 0.29) is 28.3 Å². The van der Waals surface area contributed by atoms with Gasteiger partial charge in [-0.2, -0.15) is 5.10 Å². The Morgan fingerprint density at radius 2 is 1.86 bits per heavy atom. The van der Waals surface area contributed by atoms with Crippen molar-refractivity contribution in [2.75, 3.05) is 0 Å². The molecular weight excluding hydrogens is 416 g/mol. The van der Waals surface area contributed by atoms with E-state index in [0.717, 1.165) is 5.56 Å².